The van der Waals surface area contributed by atoms with Crippen LogP contribution in [0.4, 0.5) is 0 Å². The Balaban J connectivity index is 0.00000286. The van der Waals surface area contributed by atoms with Crippen LogP contribution in [-0.4, -0.2) is 73.3 Å². The highest BCUT2D eigenvalue weighted by atomic mass is 16.5. The van der Waals surface area contributed by atoms with Crippen molar-refractivity contribution < 1.29 is 29.0 Å². The molecular formula is C43H72N2O6. The fourth-order valence-electron chi connectivity index (χ4n) is 12.8. The number of nitrogens with one attached hydrogen (secondary N) is 1. The summed E-state index contributed by atoms with van der Waals surface area (Å²) in [5, 5.41) is 10.0. The molecule has 290 valence electrons. The van der Waals surface area contributed by atoms with Crippen molar-refractivity contribution in [2.45, 2.75) is 152 Å². The number of esters is 1. The van der Waals surface area contributed by atoms with Crippen LogP contribution in [0.1, 0.15) is 140 Å². The molecule has 8 nitrogen and oxygen atoms in total. The van der Waals surface area contributed by atoms with Crippen molar-refractivity contribution in [2.75, 3.05) is 27.2 Å². The molecule has 0 radical (unpaired) electrons. The Labute approximate surface area is 309 Å². The van der Waals surface area contributed by atoms with Crippen LogP contribution in [-0.2, 0) is 23.9 Å². The highest BCUT2D eigenvalue weighted by Gasteiger charge is 2.66. The molecule has 0 aromatic carbocycles. The van der Waals surface area contributed by atoms with Crippen molar-refractivity contribution in [3.63, 3.8) is 0 Å². The predicted octanol–water partition coefficient (Wildman–Crippen LogP) is 7.56. The van der Waals surface area contributed by atoms with Gasteiger partial charge in [-0.2, -0.15) is 0 Å². The first-order valence-corrected chi connectivity index (χ1v) is 20.1. The number of allylic oxidation sites excluding steroid dienone is 2. The zero-order valence-electron chi connectivity index (χ0n) is 34.2. The molecule has 0 aromatic rings. The number of nitrogens with zero attached hydrogens (tertiary/aromatic N) is 1. The highest BCUT2D eigenvalue weighted by molar-refractivity contribution is 6.00. The van der Waals surface area contributed by atoms with Gasteiger partial charge in [0.05, 0.1) is 13.0 Å². The van der Waals surface area contributed by atoms with E-state index in [9.17, 15) is 19.2 Å². The molecule has 2 N–H and O–H groups in total. The van der Waals surface area contributed by atoms with Crippen LogP contribution < -0.4 is 5.32 Å². The Morgan fingerprint density at radius 2 is 1.61 bits per heavy atom. The predicted molar refractivity (Wildman–Crippen MR) is 203 cm³/mol. The van der Waals surface area contributed by atoms with Gasteiger partial charge >= 0.3 is 5.97 Å². The van der Waals surface area contributed by atoms with Gasteiger partial charge in [-0.05, 0) is 125 Å². The van der Waals surface area contributed by atoms with Crippen LogP contribution in [0.5, 0.6) is 0 Å². The lowest BCUT2D eigenvalue weighted by molar-refractivity contribution is -0.213. The topological polar surface area (TPSA) is 113 Å². The van der Waals surface area contributed by atoms with Crippen molar-refractivity contribution >= 4 is 23.9 Å². The van der Waals surface area contributed by atoms with Gasteiger partial charge in [0.1, 0.15) is 12.4 Å². The third kappa shape index (κ3) is 7.40. The molecule has 4 saturated carbocycles. The average molecular weight is 713 g/mol. The number of likely N-dealkylation sites (N-methyl/N-ethyl adjacent to an activating group) is 1. The minimum atomic E-state index is -0.708. The Morgan fingerprint density at radius 1 is 0.961 bits per heavy atom. The molecular weight excluding hydrogens is 640 g/mol. The first-order valence-electron chi connectivity index (χ1n) is 20.1. The van der Waals surface area contributed by atoms with Gasteiger partial charge in [0.15, 0.2) is 5.78 Å². The molecule has 1 amide bonds. The summed E-state index contributed by atoms with van der Waals surface area (Å²) >= 11 is 0. The Morgan fingerprint density at radius 3 is 2.20 bits per heavy atom. The number of rotatable bonds is 11. The van der Waals surface area contributed by atoms with Crippen molar-refractivity contribution in [3.8, 4) is 0 Å². The van der Waals surface area contributed by atoms with Crippen LogP contribution in [0.2, 0.25) is 0 Å². The van der Waals surface area contributed by atoms with E-state index in [-0.39, 0.29) is 58.0 Å². The van der Waals surface area contributed by atoms with Gasteiger partial charge in [0.2, 0.25) is 5.91 Å². The second-order valence-corrected chi connectivity index (χ2v) is 19.4. The molecule has 8 atom stereocenters. The summed E-state index contributed by atoms with van der Waals surface area (Å²) in [6.45, 7) is 23.1. The number of carbonyl (C=O) groups excluding carboxylic acids is 4. The van der Waals surface area contributed by atoms with Crippen molar-refractivity contribution in [2.24, 2.45) is 56.7 Å². The van der Waals surface area contributed by atoms with E-state index in [1.807, 2.05) is 11.9 Å². The number of aldehydes is 1. The second kappa shape index (κ2) is 15.4. The zero-order chi connectivity index (χ0) is 38.3. The molecule has 5 aliphatic carbocycles. The minimum Gasteiger partial charge on any atom is -0.462 e. The Bertz CT molecular complexity index is 1350. The van der Waals surface area contributed by atoms with Gasteiger partial charge in [-0.3, -0.25) is 14.4 Å². The molecule has 8 unspecified atom stereocenters. The summed E-state index contributed by atoms with van der Waals surface area (Å²) in [5.41, 5.74) is 1.99. The number of amides is 1. The van der Waals surface area contributed by atoms with Gasteiger partial charge in [-0.15, -0.1) is 0 Å². The summed E-state index contributed by atoms with van der Waals surface area (Å²) in [5.74, 6) is 2.49. The number of ether oxygens (including phenoxy) is 1. The number of hydrogen-bond donors (Lipinski definition) is 2. The number of hydrogen-bond acceptors (Lipinski definition) is 7. The number of ketones is 1. The molecule has 0 bridgehead atoms. The normalized spacial score (nSPS) is 35.6. The first kappa shape index (κ1) is 41.7. The number of fused-ring (bicyclic) bond motifs is 7. The highest BCUT2D eigenvalue weighted by Crippen LogP contribution is 2.73. The third-order valence-corrected chi connectivity index (χ3v) is 15.0. The standard InChI is InChI=1S/C42H68N2O5.CH4O/c1-26(2)36-30(46)22-42(20-21-44(27(3)4)34(47)24-43-11)19-14-29-28(37(36)42)12-13-32-40(29,9)17-15-31-39(7,8)33(16-18-41(31,32)10)49-35(48)23-38(5,6)25-45;1-2/h25-29,31-33,43H,12-24H2,1-11H3;2H,1H3. The lowest BCUT2D eigenvalue weighted by atomic mass is 9.36. The number of carbonyl (C=O) groups is 4. The molecule has 8 heteroatoms. The lowest BCUT2D eigenvalue weighted by Gasteiger charge is -2.69. The van der Waals surface area contributed by atoms with Crippen LogP contribution >= 0.6 is 0 Å². The van der Waals surface area contributed by atoms with E-state index in [0.29, 0.717) is 49.0 Å². The zero-order valence-corrected chi connectivity index (χ0v) is 34.2. The van der Waals surface area contributed by atoms with Crippen LogP contribution in [0.25, 0.3) is 0 Å². The summed E-state index contributed by atoms with van der Waals surface area (Å²) in [6, 6.07) is 0.124. The molecule has 0 aromatic heterocycles. The van der Waals surface area contributed by atoms with E-state index in [1.54, 1.807) is 13.8 Å². The van der Waals surface area contributed by atoms with Crippen LogP contribution in [0.3, 0.4) is 0 Å². The van der Waals surface area contributed by atoms with Gasteiger partial charge in [0, 0.05) is 42.4 Å². The van der Waals surface area contributed by atoms with Gasteiger partial charge < -0.3 is 24.9 Å². The average Bonchev–Trinajstić information content (AvgIpc) is 3.35. The molecule has 0 heterocycles. The molecule has 0 aliphatic heterocycles. The van der Waals surface area contributed by atoms with E-state index in [0.717, 1.165) is 63.9 Å². The number of Topliss-reactive ketones (excluding diaryl/α,β-unsaturated/α-hetero) is 1. The van der Waals surface area contributed by atoms with Crippen molar-refractivity contribution in [3.05, 3.63) is 11.1 Å². The van der Waals surface area contributed by atoms with E-state index in [4.69, 9.17) is 9.84 Å². The van der Waals surface area contributed by atoms with E-state index in [1.165, 1.54) is 18.4 Å². The molecule has 0 saturated heterocycles. The van der Waals surface area contributed by atoms with Gasteiger partial charge in [0.25, 0.3) is 0 Å². The summed E-state index contributed by atoms with van der Waals surface area (Å²) in [4.78, 5) is 53.6. The Kier molecular flexibility index (Phi) is 12.6. The van der Waals surface area contributed by atoms with Crippen molar-refractivity contribution in [1.29, 1.82) is 0 Å². The van der Waals surface area contributed by atoms with E-state index in [2.05, 4.69) is 60.7 Å². The maximum Gasteiger partial charge on any atom is 0.307 e. The van der Waals surface area contributed by atoms with Gasteiger partial charge in [-0.1, -0.05) is 61.0 Å². The summed E-state index contributed by atoms with van der Waals surface area (Å²) in [7, 11) is 2.83. The summed E-state index contributed by atoms with van der Waals surface area (Å²) < 4.78 is 6.21. The SMILES string of the molecule is CNCC(=O)N(CCC12CCC3C(CCC4C3(C)CCC3C(C)(C)C(OC(=O)CC(C)(C)C=O)CCC34C)C1=C(C(C)C)C(=O)C2)C(C)C.CO. The fraction of sp³-hybridized carbons (Fsp3) is 0.860. The van der Waals surface area contributed by atoms with E-state index >= 15 is 0 Å². The van der Waals surface area contributed by atoms with Crippen molar-refractivity contribution in [1.82, 2.24) is 10.2 Å². The number of aliphatic hydroxyl groups is 1. The molecule has 5 aliphatic rings. The largest absolute Gasteiger partial charge is 0.462 e. The maximum absolute atomic E-state index is 13.9. The molecule has 4 fully saturated rings. The quantitative estimate of drug-likeness (QED) is 0.168. The maximum atomic E-state index is 13.9. The van der Waals surface area contributed by atoms with E-state index < -0.39 is 5.41 Å². The summed E-state index contributed by atoms with van der Waals surface area (Å²) in [6.07, 6.45) is 11.1. The lowest BCUT2D eigenvalue weighted by Crippen LogP contribution is -2.63. The minimum absolute atomic E-state index is 0.120. The first-order chi connectivity index (χ1) is 23.8. The Hall–Kier alpha value is -2.06. The monoisotopic (exact) mass is 713 g/mol. The smallest absolute Gasteiger partial charge is 0.307 e. The molecule has 5 rings (SSSR count). The number of aliphatic hydroxyl groups excluding tert-OH is 1. The second-order valence-electron chi connectivity index (χ2n) is 19.4. The molecule has 51 heavy (non-hydrogen) atoms. The fourth-order valence-corrected chi connectivity index (χ4v) is 12.8. The molecule has 0 spiro atoms. The third-order valence-electron chi connectivity index (χ3n) is 15.0. The van der Waals surface area contributed by atoms with Crippen LogP contribution in [0.15, 0.2) is 11.1 Å². The van der Waals surface area contributed by atoms with Crippen LogP contribution in [0, 0.1) is 56.7 Å². The van der Waals surface area contributed by atoms with Gasteiger partial charge in [-0.25, -0.2) is 0 Å².